The molecule has 0 aromatic rings. The number of hydrogen-bond acceptors (Lipinski definition) is 5. The zero-order valence-corrected chi connectivity index (χ0v) is 23.3. The second-order valence-corrected chi connectivity index (χ2v) is 13.7. The number of amides is 1. The van der Waals surface area contributed by atoms with Crippen LogP contribution in [0.1, 0.15) is 45.4 Å². The normalized spacial score (nSPS) is 13.1. The van der Waals surface area contributed by atoms with Gasteiger partial charge in [0.05, 0.1) is 65.9 Å². The van der Waals surface area contributed by atoms with Gasteiger partial charge in [0.1, 0.15) is 0 Å². The maximum Gasteiger partial charge on any atom is 0.264 e. The molecule has 0 saturated heterocycles. The van der Waals surface area contributed by atoms with Gasteiger partial charge in [0.15, 0.2) is 0 Å². The second-order valence-electron chi connectivity index (χ2n) is 10.5. The van der Waals surface area contributed by atoms with Crippen LogP contribution in [0.15, 0.2) is 12.2 Å². The van der Waals surface area contributed by atoms with Crippen LogP contribution < -0.4 is 0 Å². The van der Waals surface area contributed by atoms with E-state index < -0.39 is 20.2 Å². The minimum Gasteiger partial charge on any atom is -0.339 e. The van der Waals surface area contributed by atoms with Crippen LogP contribution in [0.4, 0.5) is 0 Å². The first-order chi connectivity index (χ1) is 15.3. The number of carbonyl (C=O) groups excluding carboxylic acids is 1. The third-order valence-corrected chi connectivity index (χ3v) is 7.48. The van der Waals surface area contributed by atoms with Gasteiger partial charge in [-0.15, -0.1) is 0 Å². The minimum absolute atomic E-state index is 0.0584. The summed E-state index contributed by atoms with van der Waals surface area (Å²) in [5, 5.41) is 0. The van der Waals surface area contributed by atoms with Gasteiger partial charge in [-0.05, 0) is 32.6 Å². The van der Waals surface area contributed by atoms with E-state index in [1.165, 1.54) is 0 Å². The smallest absolute Gasteiger partial charge is 0.264 e. The molecule has 10 nitrogen and oxygen atoms in total. The average molecular weight is 530 g/mol. The Kier molecular flexibility index (Phi) is 14.0. The quantitative estimate of drug-likeness (QED) is 0.113. The Morgan fingerprint density at radius 2 is 1.03 bits per heavy atom. The Morgan fingerprint density at radius 3 is 1.32 bits per heavy atom. The van der Waals surface area contributed by atoms with Crippen molar-refractivity contribution in [3.8, 4) is 0 Å². The van der Waals surface area contributed by atoms with Crippen LogP contribution in [0.2, 0.25) is 0 Å². The highest BCUT2D eigenvalue weighted by Crippen LogP contribution is 2.10. The maximum atomic E-state index is 12.6. The lowest BCUT2D eigenvalue weighted by Gasteiger charge is -2.33. The molecule has 0 bridgehead atoms. The average Bonchev–Trinajstić information content (AvgIpc) is 2.65. The van der Waals surface area contributed by atoms with Gasteiger partial charge in [-0.3, -0.25) is 13.9 Å². The number of nitrogens with zero attached hydrogens (tertiary/aromatic N) is 3. The van der Waals surface area contributed by atoms with Crippen molar-refractivity contribution in [3.63, 3.8) is 0 Å². The molecule has 0 atom stereocenters. The van der Waals surface area contributed by atoms with Crippen LogP contribution in [0.25, 0.3) is 0 Å². The molecule has 0 heterocycles. The van der Waals surface area contributed by atoms with Crippen molar-refractivity contribution in [2.45, 2.75) is 45.4 Å². The van der Waals surface area contributed by atoms with Crippen molar-refractivity contribution >= 4 is 26.1 Å². The van der Waals surface area contributed by atoms with Gasteiger partial charge in [-0.1, -0.05) is 6.58 Å². The van der Waals surface area contributed by atoms with E-state index in [2.05, 4.69) is 34.8 Å². The summed E-state index contributed by atoms with van der Waals surface area (Å²) in [7, 11) is 0.450. The molecular formula is C22H47N3O7S2+2. The lowest BCUT2D eigenvalue weighted by atomic mass is 10.2. The van der Waals surface area contributed by atoms with Gasteiger partial charge in [0, 0.05) is 31.5 Å². The highest BCUT2D eigenvalue weighted by molar-refractivity contribution is 7.86. The number of unbranched alkanes of at least 4 members (excludes halogenated alkanes) is 2. The minimum atomic E-state index is -3.91. The first kappa shape index (κ1) is 33.0. The van der Waals surface area contributed by atoms with Crippen LogP contribution >= 0.6 is 0 Å². The number of carbonyl (C=O) groups is 1. The summed E-state index contributed by atoms with van der Waals surface area (Å²) in [5.74, 6) is -0.496. The summed E-state index contributed by atoms with van der Waals surface area (Å²) in [6, 6.07) is 0. The Bertz CT molecular complexity index is 796. The van der Waals surface area contributed by atoms with E-state index >= 15 is 0 Å². The molecule has 0 saturated carbocycles. The van der Waals surface area contributed by atoms with Crippen LogP contribution in [-0.4, -0.2) is 125 Å². The standard InChI is InChI=1S/C22H45N3O7S2/c1-21(2)22(26)23(13-11-17-24(3,4)15-7-9-19-33(27,28)29)14-12-18-25(5,6)16-8-10-20-34(30,31)32/h1,7-20H2,2-6H3/p+2. The van der Waals surface area contributed by atoms with Gasteiger partial charge in [-0.25, -0.2) is 0 Å². The molecule has 0 unspecified atom stereocenters. The highest BCUT2D eigenvalue weighted by Gasteiger charge is 2.21. The molecule has 0 aliphatic rings. The van der Waals surface area contributed by atoms with Crippen molar-refractivity contribution in [1.82, 2.24) is 4.90 Å². The molecule has 0 spiro atoms. The Hall–Kier alpha value is -1.05. The molecule has 0 aliphatic heterocycles. The second kappa shape index (κ2) is 14.5. The fourth-order valence-corrected chi connectivity index (χ4v) is 4.97. The number of rotatable bonds is 19. The van der Waals surface area contributed by atoms with Crippen molar-refractivity contribution in [2.75, 3.05) is 79.0 Å². The van der Waals surface area contributed by atoms with Gasteiger partial charge in [-0.2, -0.15) is 16.8 Å². The largest absolute Gasteiger partial charge is 0.339 e. The van der Waals surface area contributed by atoms with Crippen molar-refractivity contribution in [3.05, 3.63) is 12.2 Å². The van der Waals surface area contributed by atoms with Crippen LogP contribution in [-0.2, 0) is 25.0 Å². The van der Waals surface area contributed by atoms with Gasteiger partial charge < -0.3 is 13.9 Å². The van der Waals surface area contributed by atoms with Crippen LogP contribution in [0.3, 0.4) is 0 Å². The van der Waals surface area contributed by atoms with Gasteiger partial charge >= 0.3 is 0 Å². The first-order valence-electron chi connectivity index (χ1n) is 11.8. The molecule has 0 radical (unpaired) electrons. The molecule has 1 amide bonds. The van der Waals surface area contributed by atoms with E-state index in [1.54, 1.807) is 6.92 Å². The molecule has 0 aliphatic carbocycles. The zero-order valence-electron chi connectivity index (χ0n) is 21.7. The summed E-state index contributed by atoms with van der Waals surface area (Å²) in [5.41, 5.74) is 0.498. The summed E-state index contributed by atoms with van der Waals surface area (Å²) in [4.78, 5) is 14.5. The molecule has 0 aromatic heterocycles. The van der Waals surface area contributed by atoms with Crippen LogP contribution in [0, 0.1) is 0 Å². The van der Waals surface area contributed by atoms with E-state index in [9.17, 15) is 21.6 Å². The van der Waals surface area contributed by atoms with E-state index in [4.69, 9.17) is 9.11 Å². The predicted molar refractivity (Wildman–Crippen MR) is 136 cm³/mol. The highest BCUT2D eigenvalue weighted by atomic mass is 32.2. The molecule has 0 aromatic carbocycles. The van der Waals surface area contributed by atoms with E-state index in [1.807, 2.05) is 4.90 Å². The monoisotopic (exact) mass is 529 g/mol. The molecular weight excluding hydrogens is 482 g/mol. The topological polar surface area (TPSA) is 129 Å². The third kappa shape index (κ3) is 18.3. The molecule has 34 heavy (non-hydrogen) atoms. The fraction of sp³-hybridized carbons (Fsp3) is 0.864. The summed E-state index contributed by atoms with van der Waals surface area (Å²) >= 11 is 0. The summed E-state index contributed by atoms with van der Waals surface area (Å²) in [6.07, 6.45) is 3.84. The first-order valence-corrected chi connectivity index (χ1v) is 15.0. The van der Waals surface area contributed by atoms with Crippen LogP contribution in [0.5, 0.6) is 0 Å². The molecule has 202 valence electrons. The summed E-state index contributed by atoms with van der Waals surface area (Å²) < 4.78 is 62.5. The predicted octanol–water partition coefficient (Wildman–Crippen LogP) is 1.66. The van der Waals surface area contributed by atoms with Crippen molar-refractivity contribution in [1.29, 1.82) is 0 Å². The Balaban J connectivity index is 4.56. The van der Waals surface area contributed by atoms with E-state index in [0.29, 0.717) is 53.3 Å². The van der Waals surface area contributed by atoms with E-state index in [0.717, 1.165) is 39.0 Å². The lowest BCUT2D eigenvalue weighted by molar-refractivity contribution is -0.890. The number of hydrogen-bond donors (Lipinski definition) is 2. The zero-order chi connectivity index (χ0) is 26.6. The number of quaternary nitrogens is 2. The lowest BCUT2D eigenvalue weighted by Crippen LogP contribution is -2.45. The van der Waals surface area contributed by atoms with Gasteiger partial charge in [0.2, 0.25) is 5.91 Å². The van der Waals surface area contributed by atoms with Crippen molar-refractivity contribution in [2.24, 2.45) is 0 Å². The molecule has 12 heteroatoms. The van der Waals surface area contributed by atoms with Gasteiger partial charge in [0.25, 0.3) is 20.2 Å². The Morgan fingerprint density at radius 1 is 0.706 bits per heavy atom. The van der Waals surface area contributed by atoms with E-state index in [-0.39, 0.29) is 17.4 Å². The molecule has 0 fully saturated rings. The SMILES string of the molecule is C=C(C)C(=O)N(CCC[N+](C)(C)CCCCS(=O)(=O)O)CCC[N+](C)(C)CCCCS(=O)(=O)O. The molecule has 0 rings (SSSR count). The third-order valence-electron chi connectivity index (χ3n) is 5.87. The Labute approximate surface area is 207 Å². The molecule has 2 N–H and O–H groups in total. The summed E-state index contributed by atoms with van der Waals surface area (Å²) in [6.45, 7) is 9.96. The fourth-order valence-electron chi connectivity index (χ4n) is 3.84. The maximum absolute atomic E-state index is 12.6. The van der Waals surface area contributed by atoms with Crippen molar-refractivity contribution < 1.29 is 39.7 Å².